The molecule has 0 radical (unpaired) electrons. The molecule has 0 aliphatic heterocycles. The van der Waals surface area contributed by atoms with E-state index in [0.29, 0.717) is 11.4 Å². The van der Waals surface area contributed by atoms with Crippen LogP contribution in [0.1, 0.15) is 17.8 Å². The number of thioether (sulfide) groups is 1. The third-order valence-electron chi connectivity index (χ3n) is 2.58. The Labute approximate surface area is 116 Å². The van der Waals surface area contributed by atoms with E-state index in [1.165, 1.54) is 7.11 Å². The molecule has 1 aromatic heterocycles. The molecule has 0 saturated heterocycles. The van der Waals surface area contributed by atoms with Gasteiger partial charge in [0.05, 0.1) is 23.5 Å². The van der Waals surface area contributed by atoms with Crippen LogP contribution in [0.2, 0.25) is 5.02 Å². The molecule has 0 amide bonds. The second-order valence-corrected chi connectivity index (χ2v) is 5.42. The molecule has 1 unspecified atom stereocenters. The third kappa shape index (κ3) is 3.90. The SMILES string of the molecule is COC(=O)C(N)CCSCc1c(Cl)c(C)nn1C. The van der Waals surface area contributed by atoms with E-state index in [1.54, 1.807) is 16.4 Å². The number of methoxy groups -OCH3 is 1. The average Bonchev–Trinajstić information content (AvgIpc) is 2.58. The molecule has 5 nitrogen and oxygen atoms in total. The van der Waals surface area contributed by atoms with Crippen LogP contribution in [0.3, 0.4) is 0 Å². The molecule has 2 N–H and O–H groups in total. The monoisotopic (exact) mass is 291 g/mol. The molecule has 7 heteroatoms. The van der Waals surface area contributed by atoms with Crippen LogP contribution in [0.4, 0.5) is 0 Å². The van der Waals surface area contributed by atoms with Gasteiger partial charge in [0.2, 0.25) is 0 Å². The van der Waals surface area contributed by atoms with Gasteiger partial charge in [-0.15, -0.1) is 0 Å². The lowest BCUT2D eigenvalue weighted by Crippen LogP contribution is -2.31. The number of carbonyl (C=O) groups excluding carboxylic acids is 1. The Hall–Kier alpha value is -0.720. The summed E-state index contributed by atoms with van der Waals surface area (Å²) in [6.07, 6.45) is 0.589. The van der Waals surface area contributed by atoms with Crippen LogP contribution in [0, 0.1) is 6.92 Å². The number of carbonyl (C=O) groups is 1. The maximum Gasteiger partial charge on any atom is 0.322 e. The van der Waals surface area contributed by atoms with Crippen LogP contribution in [0.15, 0.2) is 0 Å². The predicted octanol–water partition coefficient (Wildman–Crippen LogP) is 1.51. The Morgan fingerprint density at radius 1 is 1.67 bits per heavy atom. The minimum atomic E-state index is -0.550. The van der Waals surface area contributed by atoms with Gasteiger partial charge >= 0.3 is 5.97 Å². The first-order valence-electron chi connectivity index (χ1n) is 5.56. The van der Waals surface area contributed by atoms with E-state index >= 15 is 0 Å². The fraction of sp³-hybridized carbons (Fsp3) is 0.636. The molecule has 0 bridgehead atoms. The van der Waals surface area contributed by atoms with Crippen molar-refractivity contribution in [2.24, 2.45) is 12.8 Å². The van der Waals surface area contributed by atoms with Gasteiger partial charge in [0.25, 0.3) is 0 Å². The van der Waals surface area contributed by atoms with E-state index in [4.69, 9.17) is 17.3 Å². The lowest BCUT2D eigenvalue weighted by Gasteiger charge is -2.08. The number of ether oxygens (including phenoxy) is 1. The summed E-state index contributed by atoms with van der Waals surface area (Å²) in [5, 5.41) is 4.95. The Morgan fingerprint density at radius 3 is 2.83 bits per heavy atom. The van der Waals surface area contributed by atoms with Crippen LogP contribution >= 0.6 is 23.4 Å². The van der Waals surface area contributed by atoms with E-state index < -0.39 is 6.04 Å². The van der Waals surface area contributed by atoms with Gasteiger partial charge in [0.1, 0.15) is 6.04 Å². The molecule has 0 fully saturated rings. The Bertz CT molecular complexity index is 423. The largest absolute Gasteiger partial charge is 0.468 e. The summed E-state index contributed by atoms with van der Waals surface area (Å²) in [5.41, 5.74) is 7.47. The molecule has 1 atom stereocenters. The summed E-state index contributed by atoms with van der Waals surface area (Å²) in [6.45, 7) is 1.88. The molecule has 0 aliphatic rings. The third-order valence-corrected chi connectivity index (χ3v) is 4.07. The molecule has 18 heavy (non-hydrogen) atoms. The summed E-state index contributed by atoms with van der Waals surface area (Å²) in [7, 11) is 3.21. The number of hydrogen-bond donors (Lipinski definition) is 1. The normalized spacial score (nSPS) is 12.5. The number of nitrogens with two attached hydrogens (primary N) is 1. The van der Waals surface area contributed by atoms with E-state index in [0.717, 1.165) is 22.9 Å². The van der Waals surface area contributed by atoms with Crippen molar-refractivity contribution >= 4 is 29.3 Å². The van der Waals surface area contributed by atoms with E-state index in [-0.39, 0.29) is 5.97 Å². The van der Waals surface area contributed by atoms with Crippen molar-refractivity contribution in [2.45, 2.75) is 25.1 Å². The smallest absolute Gasteiger partial charge is 0.322 e. The van der Waals surface area contributed by atoms with Crippen molar-refractivity contribution in [1.29, 1.82) is 0 Å². The van der Waals surface area contributed by atoms with Crippen LogP contribution in [-0.2, 0) is 22.3 Å². The Morgan fingerprint density at radius 2 is 2.33 bits per heavy atom. The molecule has 0 spiro atoms. The van der Waals surface area contributed by atoms with Gasteiger partial charge in [-0.05, 0) is 19.1 Å². The maximum absolute atomic E-state index is 11.1. The van der Waals surface area contributed by atoms with Crippen molar-refractivity contribution in [3.8, 4) is 0 Å². The quantitative estimate of drug-likeness (QED) is 0.635. The van der Waals surface area contributed by atoms with Crippen molar-refractivity contribution in [2.75, 3.05) is 12.9 Å². The number of esters is 1. The van der Waals surface area contributed by atoms with E-state index in [1.807, 2.05) is 14.0 Å². The van der Waals surface area contributed by atoms with Gasteiger partial charge in [-0.1, -0.05) is 11.6 Å². The van der Waals surface area contributed by atoms with E-state index in [2.05, 4.69) is 9.84 Å². The zero-order valence-corrected chi connectivity index (χ0v) is 12.3. The summed E-state index contributed by atoms with van der Waals surface area (Å²) < 4.78 is 6.34. The van der Waals surface area contributed by atoms with Crippen molar-refractivity contribution in [3.05, 3.63) is 16.4 Å². The first kappa shape index (κ1) is 15.3. The van der Waals surface area contributed by atoms with Crippen molar-refractivity contribution in [3.63, 3.8) is 0 Å². The maximum atomic E-state index is 11.1. The standard InChI is InChI=1S/C11H18ClN3O2S/c1-7-10(12)9(15(2)14-7)6-18-5-4-8(13)11(16)17-3/h8H,4-6,13H2,1-3H3. The topological polar surface area (TPSA) is 70.1 Å². The van der Waals surface area contributed by atoms with Gasteiger partial charge in [-0.2, -0.15) is 16.9 Å². The highest BCUT2D eigenvalue weighted by atomic mass is 35.5. The molecule has 1 aromatic rings. The van der Waals surface area contributed by atoms with Gasteiger partial charge < -0.3 is 10.5 Å². The predicted molar refractivity (Wildman–Crippen MR) is 73.7 cm³/mol. The molecule has 1 rings (SSSR count). The summed E-state index contributed by atoms with van der Waals surface area (Å²) >= 11 is 7.80. The highest BCUT2D eigenvalue weighted by molar-refractivity contribution is 7.98. The zero-order valence-electron chi connectivity index (χ0n) is 10.8. The zero-order chi connectivity index (χ0) is 13.7. The highest BCUT2D eigenvalue weighted by Crippen LogP contribution is 2.24. The minimum absolute atomic E-state index is 0.370. The minimum Gasteiger partial charge on any atom is -0.468 e. The summed E-state index contributed by atoms with van der Waals surface area (Å²) in [5.74, 6) is 1.16. The number of rotatable bonds is 6. The molecular formula is C11H18ClN3O2S. The van der Waals surface area contributed by atoms with Crippen LogP contribution in [0.5, 0.6) is 0 Å². The summed E-state index contributed by atoms with van der Waals surface area (Å²) in [6, 6.07) is -0.550. The van der Waals surface area contributed by atoms with Gasteiger partial charge in [0, 0.05) is 12.8 Å². The fourth-order valence-corrected chi connectivity index (χ4v) is 2.88. The number of halogens is 1. The summed E-state index contributed by atoms with van der Waals surface area (Å²) in [4.78, 5) is 11.1. The molecule has 0 saturated carbocycles. The molecule has 0 aliphatic carbocycles. The molecular weight excluding hydrogens is 274 g/mol. The van der Waals surface area contributed by atoms with Crippen LogP contribution in [0.25, 0.3) is 0 Å². The molecule has 0 aromatic carbocycles. The number of aromatic nitrogens is 2. The van der Waals surface area contributed by atoms with Crippen LogP contribution in [-0.4, -0.2) is 34.7 Å². The lowest BCUT2D eigenvalue weighted by molar-refractivity contribution is -0.142. The molecule has 1 heterocycles. The van der Waals surface area contributed by atoms with Crippen molar-refractivity contribution in [1.82, 2.24) is 9.78 Å². The second-order valence-electron chi connectivity index (χ2n) is 3.94. The first-order chi connectivity index (χ1) is 8.47. The number of nitrogens with zero attached hydrogens (tertiary/aromatic N) is 2. The average molecular weight is 292 g/mol. The number of hydrogen-bond acceptors (Lipinski definition) is 5. The van der Waals surface area contributed by atoms with Crippen molar-refractivity contribution < 1.29 is 9.53 Å². The van der Waals surface area contributed by atoms with Crippen LogP contribution < -0.4 is 5.73 Å². The van der Waals surface area contributed by atoms with Gasteiger partial charge in [-0.25, -0.2) is 0 Å². The van der Waals surface area contributed by atoms with E-state index in [9.17, 15) is 4.79 Å². The van der Waals surface area contributed by atoms with Gasteiger partial charge in [0.15, 0.2) is 0 Å². The second kappa shape index (κ2) is 7.01. The Balaban J connectivity index is 2.36. The fourth-order valence-electron chi connectivity index (χ4n) is 1.49. The first-order valence-corrected chi connectivity index (χ1v) is 7.09. The van der Waals surface area contributed by atoms with Gasteiger partial charge in [-0.3, -0.25) is 9.48 Å². The molecule has 102 valence electrons. The highest BCUT2D eigenvalue weighted by Gasteiger charge is 2.14. The Kier molecular flexibility index (Phi) is 5.98. The lowest BCUT2D eigenvalue weighted by atomic mass is 10.2. The number of aryl methyl sites for hydroxylation is 2.